The van der Waals surface area contributed by atoms with Gasteiger partial charge in [0, 0.05) is 18.6 Å². The molecule has 2 rings (SSSR count). The number of aromatic nitrogens is 4. The van der Waals surface area contributed by atoms with Gasteiger partial charge in [-0.3, -0.25) is 0 Å². The molecular formula is C10H10N4O2. The number of carboxylic acids is 1. The smallest absolute Gasteiger partial charge is 0.339 e. The van der Waals surface area contributed by atoms with Gasteiger partial charge in [0.25, 0.3) is 0 Å². The highest BCUT2D eigenvalue weighted by Gasteiger charge is 2.09. The summed E-state index contributed by atoms with van der Waals surface area (Å²) >= 11 is 0. The van der Waals surface area contributed by atoms with Crippen LogP contribution in [-0.2, 0) is 6.54 Å². The van der Waals surface area contributed by atoms with Crippen molar-refractivity contribution in [1.29, 1.82) is 0 Å². The Labute approximate surface area is 91.6 Å². The summed E-state index contributed by atoms with van der Waals surface area (Å²) in [6.07, 6.45) is 6.45. The van der Waals surface area contributed by atoms with Gasteiger partial charge in [-0.15, -0.1) is 0 Å². The number of aromatic carboxylic acids is 1. The van der Waals surface area contributed by atoms with Crippen LogP contribution in [0.15, 0.2) is 24.9 Å². The van der Waals surface area contributed by atoms with Crippen LogP contribution < -0.4 is 0 Å². The van der Waals surface area contributed by atoms with Crippen LogP contribution >= 0.6 is 0 Å². The third-order valence-corrected chi connectivity index (χ3v) is 2.14. The van der Waals surface area contributed by atoms with Crippen LogP contribution in [0.2, 0.25) is 0 Å². The molecule has 6 heteroatoms. The molecule has 0 amide bonds. The lowest BCUT2D eigenvalue weighted by Gasteiger charge is -2.04. The number of hydrogen-bond donors (Lipinski definition) is 1. The SMILES string of the molecule is Cc1nc(Cn2ccnc2)ncc1C(=O)O. The van der Waals surface area contributed by atoms with E-state index >= 15 is 0 Å². The summed E-state index contributed by atoms with van der Waals surface area (Å²) in [7, 11) is 0. The van der Waals surface area contributed by atoms with Gasteiger partial charge in [0.15, 0.2) is 0 Å². The van der Waals surface area contributed by atoms with E-state index < -0.39 is 5.97 Å². The van der Waals surface area contributed by atoms with Gasteiger partial charge in [0.2, 0.25) is 0 Å². The van der Waals surface area contributed by atoms with Crippen molar-refractivity contribution < 1.29 is 9.90 Å². The van der Waals surface area contributed by atoms with E-state index in [1.165, 1.54) is 6.20 Å². The number of hydrogen-bond acceptors (Lipinski definition) is 4. The van der Waals surface area contributed by atoms with E-state index in [1.54, 1.807) is 25.6 Å². The van der Waals surface area contributed by atoms with Crippen molar-refractivity contribution in [1.82, 2.24) is 19.5 Å². The number of nitrogens with zero attached hydrogens (tertiary/aromatic N) is 4. The molecule has 0 aliphatic rings. The zero-order valence-electron chi connectivity index (χ0n) is 8.66. The summed E-state index contributed by atoms with van der Waals surface area (Å²) in [6.45, 7) is 2.14. The first-order chi connectivity index (χ1) is 7.66. The van der Waals surface area contributed by atoms with E-state index in [0.29, 0.717) is 18.1 Å². The number of carbonyl (C=O) groups is 1. The van der Waals surface area contributed by atoms with E-state index in [1.807, 2.05) is 4.57 Å². The molecule has 0 saturated carbocycles. The van der Waals surface area contributed by atoms with Gasteiger partial charge in [0.05, 0.1) is 24.1 Å². The highest BCUT2D eigenvalue weighted by molar-refractivity contribution is 5.88. The Morgan fingerprint density at radius 2 is 2.38 bits per heavy atom. The minimum absolute atomic E-state index is 0.134. The average molecular weight is 218 g/mol. The van der Waals surface area contributed by atoms with Crippen molar-refractivity contribution >= 4 is 5.97 Å². The minimum Gasteiger partial charge on any atom is -0.478 e. The second kappa shape index (κ2) is 4.09. The van der Waals surface area contributed by atoms with Crippen LogP contribution in [0.1, 0.15) is 21.9 Å². The molecule has 1 N–H and O–H groups in total. The van der Waals surface area contributed by atoms with Gasteiger partial charge in [0.1, 0.15) is 5.82 Å². The summed E-state index contributed by atoms with van der Waals surface area (Å²) in [5.74, 6) is -0.438. The van der Waals surface area contributed by atoms with Crippen molar-refractivity contribution in [3.8, 4) is 0 Å². The van der Waals surface area contributed by atoms with Gasteiger partial charge in [-0.25, -0.2) is 19.7 Å². The van der Waals surface area contributed by atoms with Crippen molar-refractivity contribution in [2.75, 3.05) is 0 Å². The van der Waals surface area contributed by atoms with E-state index in [-0.39, 0.29) is 5.56 Å². The Hall–Kier alpha value is -2.24. The summed E-state index contributed by atoms with van der Waals surface area (Å²) < 4.78 is 1.81. The van der Waals surface area contributed by atoms with E-state index in [4.69, 9.17) is 5.11 Å². The Bertz CT molecular complexity index is 508. The predicted molar refractivity (Wildman–Crippen MR) is 55.1 cm³/mol. The van der Waals surface area contributed by atoms with Gasteiger partial charge in [-0.05, 0) is 6.92 Å². The molecule has 82 valence electrons. The molecule has 0 saturated heterocycles. The molecule has 0 bridgehead atoms. The highest BCUT2D eigenvalue weighted by Crippen LogP contribution is 2.04. The normalized spacial score (nSPS) is 10.3. The highest BCUT2D eigenvalue weighted by atomic mass is 16.4. The topological polar surface area (TPSA) is 80.9 Å². The fourth-order valence-electron chi connectivity index (χ4n) is 1.34. The summed E-state index contributed by atoms with van der Waals surface area (Å²) in [5.41, 5.74) is 0.604. The Morgan fingerprint density at radius 3 is 2.94 bits per heavy atom. The van der Waals surface area contributed by atoms with Gasteiger partial charge in [-0.1, -0.05) is 0 Å². The first-order valence-electron chi connectivity index (χ1n) is 4.68. The molecular weight excluding hydrogens is 208 g/mol. The fraction of sp³-hybridized carbons (Fsp3) is 0.200. The van der Waals surface area contributed by atoms with Crippen LogP contribution in [0.4, 0.5) is 0 Å². The maximum atomic E-state index is 10.8. The van der Waals surface area contributed by atoms with Crippen molar-refractivity contribution in [2.45, 2.75) is 13.5 Å². The molecule has 0 fully saturated rings. The number of rotatable bonds is 3. The largest absolute Gasteiger partial charge is 0.478 e. The standard InChI is InChI=1S/C10H10N4O2/c1-7-8(10(15)16)4-12-9(13-7)5-14-3-2-11-6-14/h2-4,6H,5H2,1H3,(H,15,16). The molecule has 16 heavy (non-hydrogen) atoms. The first-order valence-corrected chi connectivity index (χ1v) is 4.68. The molecule has 0 aliphatic heterocycles. The monoisotopic (exact) mass is 218 g/mol. The van der Waals surface area contributed by atoms with E-state index in [2.05, 4.69) is 15.0 Å². The van der Waals surface area contributed by atoms with E-state index in [9.17, 15) is 4.79 Å². The molecule has 0 aromatic carbocycles. The van der Waals surface area contributed by atoms with Crippen LogP contribution in [0.25, 0.3) is 0 Å². The molecule has 2 aromatic rings. The second-order valence-electron chi connectivity index (χ2n) is 3.33. The second-order valence-corrected chi connectivity index (χ2v) is 3.33. The zero-order valence-corrected chi connectivity index (χ0v) is 8.66. The average Bonchev–Trinajstić information content (AvgIpc) is 2.70. The van der Waals surface area contributed by atoms with Crippen molar-refractivity contribution in [3.63, 3.8) is 0 Å². The quantitative estimate of drug-likeness (QED) is 0.821. The zero-order chi connectivity index (χ0) is 11.5. The maximum absolute atomic E-state index is 10.8. The van der Waals surface area contributed by atoms with Gasteiger partial charge in [-0.2, -0.15) is 0 Å². The summed E-state index contributed by atoms with van der Waals surface area (Å²) in [6, 6.07) is 0. The third kappa shape index (κ3) is 2.05. The molecule has 0 unspecified atom stereocenters. The molecule has 0 aliphatic carbocycles. The first kappa shape index (κ1) is 10.3. The van der Waals surface area contributed by atoms with Crippen LogP contribution in [0.5, 0.6) is 0 Å². The summed E-state index contributed by atoms with van der Waals surface area (Å²) in [4.78, 5) is 22.8. The fourth-order valence-corrected chi connectivity index (χ4v) is 1.34. The van der Waals surface area contributed by atoms with Gasteiger partial charge < -0.3 is 9.67 Å². The van der Waals surface area contributed by atoms with Crippen molar-refractivity contribution in [2.24, 2.45) is 0 Å². The lowest BCUT2D eigenvalue weighted by Crippen LogP contribution is -2.08. The number of aryl methyl sites for hydroxylation is 1. The molecule has 6 nitrogen and oxygen atoms in total. The summed E-state index contributed by atoms with van der Waals surface area (Å²) in [5, 5.41) is 8.82. The number of carboxylic acid groups (broad SMARTS) is 1. The number of imidazole rings is 1. The van der Waals surface area contributed by atoms with Crippen LogP contribution in [0.3, 0.4) is 0 Å². The molecule has 0 atom stereocenters. The minimum atomic E-state index is -1.01. The Kier molecular flexibility index (Phi) is 2.63. The predicted octanol–water partition coefficient (Wildman–Crippen LogP) is 0.728. The van der Waals surface area contributed by atoms with Gasteiger partial charge >= 0.3 is 5.97 Å². The van der Waals surface area contributed by atoms with E-state index in [0.717, 1.165) is 0 Å². The lowest BCUT2D eigenvalue weighted by atomic mass is 10.2. The third-order valence-electron chi connectivity index (χ3n) is 2.14. The molecule has 2 heterocycles. The molecule has 0 spiro atoms. The Morgan fingerprint density at radius 1 is 1.56 bits per heavy atom. The van der Waals surface area contributed by atoms with Crippen LogP contribution in [0, 0.1) is 6.92 Å². The molecule has 2 aromatic heterocycles. The maximum Gasteiger partial charge on any atom is 0.339 e. The van der Waals surface area contributed by atoms with Crippen LogP contribution in [-0.4, -0.2) is 30.6 Å². The molecule has 0 radical (unpaired) electrons. The Balaban J connectivity index is 2.24. The van der Waals surface area contributed by atoms with Crippen molar-refractivity contribution in [3.05, 3.63) is 42.0 Å². The lowest BCUT2D eigenvalue weighted by molar-refractivity contribution is 0.0695.